The van der Waals surface area contributed by atoms with Gasteiger partial charge in [0.1, 0.15) is 25.6 Å². The van der Waals surface area contributed by atoms with Crippen LogP contribution in [0.2, 0.25) is 0 Å². The van der Waals surface area contributed by atoms with E-state index in [-0.39, 0.29) is 0 Å². The summed E-state index contributed by atoms with van der Waals surface area (Å²) in [6, 6.07) is 15.7. The Labute approximate surface area is 218 Å². The van der Waals surface area contributed by atoms with Crippen LogP contribution in [0.1, 0.15) is 11.1 Å². The zero-order chi connectivity index (χ0) is 26.3. The first-order valence-electron chi connectivity index (χ1n) is 12.0. The molecule has 0 saturated carbocycles. The third kappa shape index (κ3) is 3.93. The number of rotatable bonds is 5. The molecule has 37 heavy (non-hydrogen) atoms. The van der Waals surface area contributed by atoms with Crippen LogP contribution in [0.15, 0.2) is 90.0 Å². The summed E-state index contributed by atoms with van der Waals surface area (Å²) in [7, 11) is 7.99. The summed E-state index contributed by atoms with van der Waals surface area (Å²) >= 11 is 0. The van der Waals surface area contributed by atoms with E-state index in [2.05, 4.69) is 41.4 Å². The smallest absolute Gasteiger partial charge is 0.200 e. The molecule has 1 unspecified atom stereocenters. The fourth-order valence-electron chi connectivity index (χ4n) is 5.00. The summed E-state index contributed by atoms with van der Waals surface area (Å²) in [4.78, 5) is 6.39. The molecule has 1 atom stereocenters. The average Bonchev–Trinajstić information content (AvgIpc) is 2.93. The van der Waals surface area contributed by atoms with Crippen molar-refractivity contribution in [1.29, 1.82) is 0 Å². The van der Waals surface area contributed by atoms with Crippen LogP contribution in [0, 0.1) is 0 Å². The molecule has 0 fully saturated rings. The average molecular weight is 513 g/mol. The minimum absolute atomic E-state index is 0.692. The molecule has 0 radical (unpaired) electrons. The molecular weight excluding hydrogens is 481 g/mol. The molecule has 2 heterocycles. The number of anilines is 1. The Balaban J connectivity index is 1.99. The minimum Gasteiger partial charge on any atom is -0.496 e. The predicted molar refractivity (Wildman–Crippen MR) is 152 cm³/mol. The highest BCUT2D eigenvalue weighted by atomic mass is 31.2. The number of methoxy groups -OCH3 is 2. The molecule has 0 spiro atoms. The standard InChI is InChI=1S/C30H31N3O3P/c1-32(2)20-12-14-23-27(17-20)37(34,22-9-8-16-31-19-22)28-18-21(33(3)4)13-15-24(28)29(23)30-25(35-5)10-7-11-26(30)36-6/h7-19H,1-6H3/q+1. The van der Waals surface area contributed by atoms with Gasteiger partial charge in [0.25, 0.3) is 0 Å². The number of benzene rings is 2. The Morgan fingerprint density at radius 3 is 2.27 bits per heavy atom. The van der Waals surface area contributed by atoms with Gasteiger partial charge in [0.2, 0.25) is 0 Å². The molecule has 2 aromatic carbocycles. The Morgan fingerprint density at radius 1 is 0.946 bits per heavy atom. The fraction of sp³-hybridized carbons (Fsp3) is 0.200. The molecule has 0 N–H and O–H groups in total. The summed E-state index contributed by atoms with van der Waals surface area (Å²) in [5, 5.41) is 2.26. The summed E-state index contributed by atoms with van der Waals surface area (Å²) in [6.07, 6.45) is 9.63. The lowest BCUT2D eigenvalue weighted by Crippen LogP contribution is -2.28. The molecule has 7 heteroatoms. The number of nitrogens with zero attached hydrogens (tertiary/aromatic N) is 3. The van der Waals surface area contributed by atoms with E-state index in [0.29, 0.717) is 16.8 Å². The largest absolute Gasteiger partial charge is 0.496 e. The van der Waals surface area contributed by atoms with Gasteiger partial charge >= 0.3 is 0 Å². The maximum atomic E-state index is 15.6. The van der Waals surface area contributed by atoms with Crippen molar-refractivity contribution in [3.63, 3.8) is 0 Å². The van der Waals surface area contributed by atoms with Crippen LogP contribution in [0.25, 0.3) is 5.57 Å². The Morgan fingerprint density at radius 2 is 1.68 bits per heavy atom. The highest BCUT2D eigenvalue weighted by Crippen LogP contribution is 2.62. The number of ether oxygens (including phenoxy) is 2. The van der Waals surface area contributed by atoms with Crippen molar-refractivity contribution in [1.82, 2.24) is 4.98 Å². The van der Waals surface area contributed by atoms with Crippen molar-refractivity contribution in [2.24, 2.45) is 0 Å². The Kier molecular flexibility index (Phi) is 6.38. The van der Waals surface area contributed by atoms with Crippen molar-refractivity contribution in [3.05, 3.63) is 101 Å². The number of hydrogen-bond donors (Lipinski definition) is 0. The maximum Gasteiger partial charge on any atom is 0.200 e. The number of fused-ring (bicyclic) bond motifs is 2. The van der Waals surface area contributed by atoms with Gasteiger partial charge in [-0.25, -0.2) is 4.58 Å². The monoisotopic (exact) mass is 512 g/mol. The summed E-state index contributed by atoms with van der Waals surface area (Å²) in [5.74, 6) is 1.38. The van der Waals surface area contributed by atoms with E-state index in [1.807, 2.05) is 68.0 Å². The second-order valence-corrected chi connectivity index (χ2v) is 12.1. The van der Waals surface area contributed by atoms with Gasteiger partial charge in [-0.2, -0.15) is 0 Å². The predicted octanol–water partition coefficient (Wildman–Crippen LogP) is 4.46. The molecule has 1 aromatic heterocycles. The summed E-state index contributed by atoms with van der Waals surface area (Å²) in [6.45, 7) is 0. The van der Waals surface area contributed by atoms with Crippen molar-refractivity contribution >= 4 is 34.7 Å². The highest BCUT2D eigenvalue weighted by molar-refractivity contribution is 7.83. The lowest BCUT2D eigenvalue weighted by atomic mass is 9.88. The van der Waals surface area contributed by atoms with Gasteiger partial charge in [-0.15, -0.1) is 0 Å². The van der Waals surface area contributed by atoms with Gasteiger partial charge < -0.3 is 18.9 Å². The van der Waals surface area contributed by atoms with Gasteiger partial charge in [0.15, 0.2) is 12.9 Å². The lowest BCUT2D eigenvalue weighted by molar-refractivity contribution is -0.462. The first-order valence-corrected chi connectivity index (χ1v) is 13.8. The lowest BCUT2D eigenvalue weighted by Gasteiger charge is -2.34. The van der Waals surface area contributed by atoms with Gasteiger partial charge in [0, 0.05) is 65.8 Å². The first-order chi connectivity index (χ1) is 17.8. The molecule has 0 saturated heterocycles. The molecule has 0 amide bonds. The van der Waals surface area contributed by atoms with E-state index >= 15 is 4.57 Å². The molecule has 0 bridgehead atoms. The van der Waals surface area contributed by atoms with E-state index < -0.39 is 7.14 Å². The number of pyridine rings is 1. The third-order valence-electron chi connectivity index (χ3n) is 6.90. The van der Waals surface area contributed by atoms with Gasteiger partial charge in [-0.1, -0.05) is 12.1 Å². The number of hydrogen-bond acceptors (Lipinski definition) is 5. The molecule has 1 aliphatic carbocycles. The normalized spacial score (nSPS) is 18.1. The van der Waals surface area contributed by atoms with Crippen LogP contribution < -0.4 is 25.0 Å². The van der Waals surface area contributed by atoms with E-state index in [4.69, 9.17) is 9.47 Å². The first kappa shape index (κ1) is 24.8. The van der Waals surface area contributed by atoms with E-state index in [9.17, 15) is 0 Å². The second kappa shape index (κ2) is 9.53. The van der Waals surface area contributed by atoms with Crippen LogP contribution in [-0.2, 0) is 4.57 Å². The van der Waals surface area contributed by atoms with Gasteiger partial charge in [-0.05, 0) is 53.6 Å². The zero-order valence-electron chi connectivity index (χ0n) is 22.0. The molecule has 1 aliphatic heterocycles. The van der Waals surface area contributed by atoms with E-state index in [1.54, 1.807) is 26.6 Å². The maximum absolute atomic E-state index is 15.6. The van der Waals surface area contributed by atoms with Crippen LogP contribution >= 0.6 is 7.14 Å². The number of allylic oxidation sites excluding steroid dienone is 5. The van der Waals surface area contributed by atoms with Crippen LogP contribution in [0.3, 0.4) is 0 Å². The third-order valence-corrected chi connectivity index (χ3v) is 9.99. The number of aromatic nitrogens is 1. The van der Waals surface area contributed by atoms with Crippen molar-refractivity contribution in [2.45, 2.75) is 0 Å². The van der Waals surface area contributed by atoms with E-state index in [0.717, 1.165) is 44.3 Å². The molecule has 188 valence electrons. The Hall–Kier alpha value is -3.89. The van der Waals surface area contributed by atoms with Crippen molar-refractivity contribution < 1.29 is 18.6 Å². The Bertz CT molecular complexity index is 1540. The SMILES string of the molecule is COc1cccc(OC)c1C1=C2C=CC(=[N+](C)C)C=C2P(=O)(c2cccnc2)c2cc(N(C)C)ccc21. The van der Waals surface area contributed by atoms with Crippen molar-refractivity contribution in [2.75, 3.05) is 47.3 Å². The van der Waals surface area contributed by atoms with E-state index in [1.165, 1.54) is 0 Å². The van der Waals surface area contributed by atoms with Gasteiger partial charge in [-0.3, -0.25) is 4.98 Å². The minimum atomic E-state index is -3.30. The second-order valence-electron chi connectivity index (χ2n) is 9.42. The highest BCUT2D eigenvalue weighted by Gasteiger charge is 2.44. The quantitative estimate of drug-likeness (QED) is 0.373. The van der Waals surface area contributed by atoms with Crippen LogP contribution in [0.4, 0.5) is 5.69 Å². The van der Waals surface area contributed by atoms with Crippen LogP contribution in [-0.4, -0.2) is 57.7 Å². The molecule has 2 aliphatic rings. The summed E-state index contributed by atoms with van der Waals surface area (Å²) < 4.78 is 29.3. The molecular formula is C30H31N3O3P+. The molecule has 5 rings (SSSR count). The van der Waals surface area contributed by atoms with Crippen molar-refractivity contribution in [3.8, 4) is 11.5 Å². The topological polar surface area (TPSA) is 54.7 Å². The summed E-state index contributed by atoms with van der Waals surface area (Å²) in [5.41, 5.74) is 5.51. The zero-order valence-corrected chi connectivity index (χ0v) is 22.9. The van der Waals surface area contributed by atoms with Crippen LogP contribution in [0.5, 0.6) is 11.5 Å². The molecule has 6 nitrogen and oxygen atoms in total. The van der Waals surface area contributed by atoms with Gasteiger partial charge in [0.05, 0.1) is 19.8 Å². The fourth-order valence-corrected chi connectivity index (χ4v) is 8.02. The molecule has 3 aromatic rings.